The highest BCUT2D eigenvalue weighted by Crippen LogP contribution is 2.17. The zero-order valence-electron chi connectivity index (χ0n) is 9.86. The molecule has 1 aliphatic rings. The van der Waals surface area contributed by atoms with Gasteiger partial charge in [0.1, 0.15) is 0 Å². The van der Waals surface area contributed by atoms with Crippen LogP contribution in [0.1, 0.15) is 17.1 Å². The number of aromatic amines is 1. The number of anilines is 1. The molecule has 6 nitrogen and oxygen atoms in total. The molecule has 94 valence electrons. The first-order chi connectivity index (χ1) is 8.72. The Morgan fingerprint density at radius 1 is 1.61 bits per heavy atom. The van der Waals surface area contributed by atoms with Crippen LogP contribution >= 0.6 is 11.3 Å². The highest BCUT2D eigenvalue weighted by Gasteiger charge is 2.26. The van der Waals surface area contributed by atoms with Crippen LogP contribution in [0.3, 0.4) is 0 Å². The van der Waals surface area contributed by atoms with Gasteiger partial charge in [0.2, 0.25) is 5.91 Å². The smallest absolute Gasteiger partial charge is 0.243 e. The molecular weight excluding hydrogens is 250 g/mol. The lowest BCUT2D eigenvalue weighted by molar-refractivity contribution is -0.118. The Morgan fingerprint density at radius 3 is 3.28 bits per heavy atom. The molecule has 0 bridgehead atoms. The molecule has 0 saturated heterocycles. The second kappa shape index (κ2) is 4.51. The van der Waals surface area contributed by atoms with Crippen molar-refractivity contribution in [2.45, 2.75) is 25.9 Å². The molecule has 2 aromatic heterocycles. The zero-order chi connectivity index (χ0) is 12.5. The molecule has 2 aromatic rings. The number of H-pyrrole nitrogens is 1. The number of carbonyl (C=O) groups is 1. The molecule has 1 amide bonds. The van der Waals surface area contributed by atoms with Crippen LogP contribution < -0.4 is 10.6 Å². The molecule has 0 saturated carbocycles. The van der Waals surface area contributed by atoms with E-state index in [1.807, 2.05) is 12.3 Å². The Morgan fingerprint density at radius 2 is 2.50 bits per heavy atom. The van der Waals surface area contributed by atoms with E-state index < -0.39 is 0 Å². The van der Waals surface area contributed by atoms with E-state index in [0.717, 1.165) is 17.1 Å². The minimum absolute atomic E-state index is 0.0574. The van der Waals surface area contributed by atoms with Gasteiger partial charge >= 0.3 is 0 Å². The van der Waals surface area contributed by atoms with Gasteiger partial charge in [0, 0.05) is 18.3 Å². The molecule has 7 heteroatoms. The normalized spacial score (nSPS) is 18.4. The topological polar surface area (TPSA) is 82.7 Å². The van der Waals surface area contributed by atoms with Crippen molar-refractivity contribution >= 4 is 22.4 Å². The number of nitrogens with one attached hydrogen (secondary N) is 3. The lowest BCUT2D eigenvalue weighted by atomic mass is 10.1. The van der Waals surface area contributed by atoms with Gasteiger partial charge < -0.3 is 10.3 Å². The highest BCUT2D eigenvalue weighted by molar-refractivity contribution is 7.13. The summed E-state index contributed by atoms with van der Waals surface area (Å²) < 4.78 is 0. The first kappa shape index (κ1) is 11.4. The van der Waals surface area contributed by atoms with Crippen LogP contribution in [0.4, 0.5) is 5.13 Å². The Labute approximate surface area is 108 Å². The molecule has 0 fully saturated rings. The minimum atomic E-state index is -0.245. The van der Waals surface area contributed by atoms with Gasteiger partial charge in [-0.15, -0.1) is 11.3 Å². The average molecular weight is 263 g/mol. The van der Waals surface area contributed by atoms with Crippen LogP contribution in [0, 0.1) is 6.92 Å². The van der Waals surface area contributed by atoms with Crippen LogP contribution in [-0.4, -0.2) is 26.9 Å². The number of thiazole rings is 1. The first-order valence-electron chi connectivity index (χ1n) is 5.70. The largest absolute Gasteiger partial charge is 0.347 e. The molecular formula is C11H13N5OS. The molecule has 18 heavy (non-hydrogen) atoms. The zero-order valence-corrected chi connectivity index (χ0v) is 10.7. The van der Waals surface area contributed by atoms with Crippen molar-refractivity contribution < 1.29 is 4.79 Å². The predicted octanol–water partition coefficient (Wildman–Crippen LogP) is 0.828. The molecule has 1 aliphatic heterocycles. The minimum Gasteiger partial charge on any atom is -0.347 e. The first-order valence-corrected chi connectivity index (χ1v) is 6.58. The number of carbonyl (C=O) groups excluding carboxylic acids is 1. The summed E-state index contributed by atoms with van der Waals surface area (Å²) in [5.74, 6) is -0.0574. The van der Waals surface area contributed by atoms with E-state index in [9.17, 15) is 4.79 Å². The summed E-state index contributed by atoms with van der Waals surface area (Å²) in [7, 11) is 0. The van der Waals surface area contributed by atoms with Gasteiger partial charge in [-0.25, -0.2) is 9.97 Å². The third kappa shape index (κ3) is 2.14. The third-order valence-corrected chi connectivity index (χ3v) is 3.77. The van der Waals surface area contributed by atoms with Gasteiger partial charge in [0.15, 0.2) is 5.13 Å². The number of rotatable bonds is 2. The summed E-state index contributed by atoms with van der Waals surface area (Å²) in [4.78, 5) is 23.5. The summed E-state index contributed by atoms with van der Waals surface area (Å²) in [5.41, 5.74) is 2.94. The van der Waals surface area contributed by atoms with Gasteiger partial charge in [-0.3, -0.25) is 10.1 Å². The maximum absolute atomic E-state index is 12.1. The van der Waals surface area contributed by atoms with Gasteiger partial charge in [0.25, 0.3) is 0 Å². The van der Waals surface area contributed by atoms with E-state index in [2.05, 4.69) is 25.6 Å². The predicted molar refractivity (Wildman–Crippen MR) is 68.4 cm³/mol. The molecule has 0 aromatic carbocycles. The van der Waals surface area contributed by atoms with Crippen molar-refractivity contribution in [1.29, 1.82) is 0 Å². The second-order valence-corrected chi connectivity index (χ2v) is 5.11. The van der Waals surface area contributed by atoms with Crippen molar-refractivity contribution in [3.05, 3.63) is 28.8 Å². The molecule has 3 rings (SSSR count). The molecule has 0 spiro atoms. The monoisotopic (exact) mass is 263 g/mol. The standard InChI is InChI=1S/C11H13N5OS/c1-6-4-18-11(15-6)16-10(17)8-2-7-9(3-12-8)14-5-13-7/h4-5,8,12H,2-3H2,1H3,(H,13,14)(H,15,16,17). The summed E-state index contributed by atoms with van der Waals surface area (Å²) >= 11 is 1.44. The highest BCUT2D eigenvalue weighted by atomic mass is 32.1. The fourth-order valence-electron chi connectivity index (χ4n) is 1.96. The average Bonchev–Trinajstić information content (AvgIpc) is 2.96. The van der Waals surface area contributed by atoms with E-state index in [1.165, 1.54) is 11.3 Å². The van der Waals surface area contributed by atoms with Gasteiger partial charge in [-0.2, -0.15) is 0 Å². The van der Waals surface area contributed by atoms with E-state index in [-0.39, 0.29) is 11.9 Å². The van der Waals surface area contributed by atoms with Crippen LogP contribution in [0.25, 0.3) is 0 Å². The quantitative estimate of drug-likeness (QED) is 0.749. The summed E-state index contributed by atoms with van der Waals surface area (Å²) in [6.07, 6.45) is 2.27. The third-order valence-electron chi connectivity index (χ3n) is 2.90. The van der Waals surface area contributed by atoms with Crippen molar-refractivity contribution in [3.8, 4) is 0 Å². The summed E-state index contributed by atoms with van der Waals surface area (Å²) in [5, 5.41) is 8.56. The number of imidazole rings is 1. The number of amides is 1. The van der Waals surface area contributed by atoms with Crippen LogP contribution in [0.5, 0.6) is 0 Å². The van der Waals surface area contributed by atoms with Crippen molar-refractivity contribution in [2.24, 2.45) is 0 Å². The number of hydrogen-bond acceptors (Lipinski definition) is 5. The fraction of sp³-hybridized carbons (Fsp3) is 0.364. The fourth-order valence-corrected chi connectivity index (χ4v) is 2.65. The maximum atomic E-state index is 12.1. The van der Waals surface area contributed by atoms with Crippen molar-refractivity contribution in [2.75, 3.05) is 5.32 Å². The van der Waals surface area contributed by atoms with E-state index in [1.54, 1.807) is 6.33 Å². The number of aryl methyl sites for hydroxylation is 1. The lowest BCUT2D eigenvalue weighted by Gasteiger charge is -2.21. The molecule has 1 atom stereocenters. The summed E-state index contributed by atoms with van der Waals surface area (Å²) in [6.45, 7) is 2.55. The van der Waals surface area contributed by atoms with Crippen LogP contribution in [0.15, 0.2) is 11.7 Å². The summed E-state index contributed by atoms with van der Waals surface area (Å²) in [6, 6.07) is -0.245. The van der Waals surface area contributed by atoms with E-state index in [4.69, 9.17) is 0 Å². The Bertz CT molecular complexity index is 576. The molecule has 0 aliphatic carbocycles. The second-order valence-electron chi connectivity index (χ2n) is 4.25. The van der Waals surface area contributed by atoms with Gasteiger partial charge in [-0.1, -0.05) is 0 Å². The van der Waals surface area contributed by atoms with Crippen LogP contribution in [-0.2, 0) is 17.8 Å². The van der Waals surface area contributed by atoms with Gasteiger partial charge in [-0.05, 0) is 6.92 Å². The number of hydrogen-bond donors (Lipinski definition) is 3. The Balaban J connectivity index is 1.67. The molecule has 3 heterocycles. The Hall–Kier alpha value is -1.73. The maximum Gasteiger partial charge on any atom is 0.243 e. The van der Waals surface area contributed by atoms with E-state index >= 15 is 0 Å². The lowest BCUT2D eigenvalue weighted by Crippen LogP contribution is -2.44. The Kier molecular flexibility index (Phi) is 2.85. The number of nitrogens with zero attached hydrogens (tertiary/aromatic N) is 2. The SMILES string of the molecule is Cc1csc(NC(=O)C2Cc3nc[nH]c3CN2)n1. The molecule has 1 unspecified atom stereocenters. The molecule has 0 radical (unpaired) electrons. The van der Waals surface area contributed by atoms with Crippen molar-refractivity contribution in [3.63, 3.8) is 0 Å². The van der Waals surface area contributed by atoms with Crippen molar-refractivity contribution in [1.82, 2.24) is 20.3 Å². The van der Waals surface area contributed by atoms with E-state index in [0.29, 0.717) is 18.1 Å². The number of aromatic nitrogens is 3. The van der Waals surface area contributed by atoms with Gasteiger partial charge in [0.05, 0.1) is 29.5 Å². The van der Waals surface area contributed by atoms with Crippen LogP contribution in [0.2, 0.25) is 0 Å². The molecule has 3 N–H and O–H groups in total. The number of fused-ring (bicyclic) bond motifs is 1.